The van der Waals surface area contributed by atoms with Crippen LogP contribution < -0.4 is 5.32 Å². The Morgan fingerprint density at radius 2 is 1.60 bits per heavy atom. The second-order valence-corrected chi connectivity index (χ2v) is 11.4. The van der Waals surface area contributed by atoms with Gasteiger partial charge in [-0.1, -0.05) is 26.7 Å². The van der Waals surface area contributed by atoms with Gasteiger partial charge < -0.3 is 4.74 Å². The van der Waals surface area contributed by atoms with Crippen LogP contribution in [0.25, 0.3) is 0 Å². The van der Waals surface area contributed by atoms with Crippen molar-refractivity contribution in [2.75, 3.05) is 6.54 Å². The minimum atomic E-state index is -0.137. The number of hydrogen-bond acceptors (Lipinski definition) is 2. The van der Waals surface area contributed by atoms with Crippen LogP contribution in [0.3, 0.4) is 0 Å². The van der Waals surface area contributed by atoms with Gasteiger partial charge in [0.2, 0.25) is 0 Å². The number of ether oxygens (including phenoxy) is 1. The van der Waals surface area contributed by atoms with Crippen LogP contribution in [-0.4, -0.2) is 17.9 Å². The highest BCUT2D eigenvalue weighted by Gasteiger charge is 2.67. The number of hydrogen-bond donors (Lipinski definition) is 1. The van der Waals surface area contributed by atoms with Crippen molar-refractivity contribution < 1.29 is 4.74 Å². The Balaban J connectivity index is 1.46. The molecule has 0 aromatic heterocycles. The zero-order valence-corrected chi connectivity index (χ0v) is 17.0. The molecule has 142 valence electrons. The molecule has 2 heteroatoms. The molecule has 4 aliphatic carbocycles. The maximum Gasteiger partial charge on any atom is 0.114 e. The molecule has 7 atom stereocenters. The first-order valence-corrected chi connectivity index (χ1v) is 11.2. The van der Waals surface area contributed by atoms with Crippen LogP contribution in [-0.2, 0) is 4.74 Å². The van der Waals surface area contributed by atoms with E-state index in [1.807, 2.05) is 0 Å². The lowest BCUT2D eigenvalue weighted by atomic mass is 9.44. The molecule has 2 nitrogen and oxygen atoms in total. The molecule has 7 unspecified atom stereocenters. The van der Waals surface area contributed by atoms with E-state index < -0.39 is 0 Å². The second-order valence-electron chi connectivity index (χ2n) is 11.4. The van der Waals surface area contributed by atoms with Crippen LogP contribution in [0.4, 0.5) is 0 Å². The predicted molar refractivity (Wildman–Crippen MR) is 102 cm³/mol. The van der Waals surface area contributed by atoms with Gasteiger partial charge in [-0.15, -0.1) is 0 Å². The lowest BCUT2D eigenvalue weighted by molar-refractivity contribution is -0.180. The molecule has 1 aliphatic heterocycles. The number of fused-ring (bicyclic) bond motifs is 6. The summed E-state index contributed by atoms with van der Waals surface area (Å²) in [5.41, 5.74) is 1.03. The molecule has 1 heterocycles. The lowest BCUT2D eigenvalue weighted by Gasteiger charge is -2.61. The first-order chi connectivity index (χ1) is 11.8. The fraction of sp³-hybridized carbons (Fsp3) is 1.00. The van der Waals surface area contributed by atoms with Crippen LogP contribution in [0.2, 0.25) is 0 Å². The van der Waals surface area contributed by atoms with Gasteiger partial charge in [-0.2, -0.15) is 0 Å². The van der Waals surface area contributed by atoms with Crippen molar-refractivity contribution in [3.05, 3.63) is 0 Å². The van der Waals surface area contributed by atoms with E-state index in [2.05, 4.69) is 33.0 Å². The summed E-state index contributed by atoms with van der Waals surface area (Å²) in [6.07, 6.45) is 14.6. The molecule has 0 amide bonds. The van der Waals surface area contributed by atoms with Gasteiger partial charge in [0.05, 0.1) is 5.60 Å². The fourth-order valence-electron chi connectivity index (χ4n) is 8.76. The van der Waals surface area contributed by atoms with Crippen LogP contribution in [0.5, 0.6) is 0 Å². The SMILES string of the molecule is CC1(C)NCC2(CCC3C4CCC5CCCCC5(C)C4CCC32C)O1. The number of nitrogens with one attached hydrogen (secondary N) is 1. The summed E-state index contributed by atoms with van der Waals surface area (Å²) in [5, 5.41) is 3.69. The minimum Gasteiger partial charge on any atom is -0.353 e. The van der Waals surface area contributed by atoms with Crippen molar-refractivity contribution >= 4 is 0 Å². The monoisotopic (exact) mass is 345 g/mol. The molecule has 0 bridgehead atoms. The van der Waals surface area contributed by atoms with Crippen LogP contribution in [0.15, 0.2) is 0 Å². The largest absolute Gasteiger partial charge is 0.353 e. The standard InChI is InChI=1S/C23H39NO/c1-20(2)24-15-23(25-20)14-11-19-17-9-8-16-7-5-6-12-21(16,3)18(17)10-13-22(19,23)4/h16-19,24H,5-15H2,1-4H3. The third-order valence-electron chi connectivity index (χ3n) is 10.1. The van der Waals surface area contributed by atoms with Crippen molar-refractivity contribution in [3.63, 3.8) is 0 Å². The van der Waals surface area contributed by atoms with Gasteiger partial charge in [0.1, 0.15) is 5.72 Å². The zero-order valence-electron chi connectivity index (χ0n) is 17.0. The highest BCUT2D eigenvalue weighted by molar-refractivity contribution is 5.17. The van der Waals surface area contributed by atoms with Crippen molar-refractivity contribution in [3.8, 4) is 0 Å². The third kappa shape index (κ3) is 2.16. The molecule has 0 radical (unpaired) electrons. The highest BCUT2D eigenvalue weighted by Crippen LogP contribution is 2.69. The molecule has 5 fully saturated rings. The Morgan fingerprint density at radius 1 is 0.800 bits per heavy atom. The molecule has 25 heavy (non-hydrogen) atoms. The van der Waals surface area contributed by atoms with E-state index in [0.29, 0.717) is 10.8 Å². The Labute approximate surface area is 154 Å². The Bertz CT molecular complexity index is 558. The summed E-state index contributed by atoms with van der Waals surface area (Å²) in [7, 11) is 0. The summed E-state index contributed by atoms with van der Waals surface area (Å²) in [4.78, 5) is 0. The second kappa shape index (κ2) is 5.25. The van der Waals surface area contributed by atoms with E-state index in [-0.39, 0.29) is 11.3 Å². The average Bonchev–Trinajstić information content (AvgIpc) is 3.04. The highest BCUT2D eigenvalue weighted by atomic mass is 16.6. The summed E-state index contributed by atoms with van der Waals surface area (Å²) in [5.74, 6) is 3.92. The minimum absolute atomic E-state index is 0.108. The first kappa shape index (κ1) is 17.0. The molecular weight excluding hydrogens is 306 g/mol. The van der Waals surface area contributed by atoms with Gasteiger partial charge in [0.25, 0.3) is 0 Å². The van der Waals surface area contributed by atoms with E-state index in [0.717, 1.165) is 30.2 Å². The predicted octanol–water partition coefficient (Wildman–Crippen LogP) is 5.51. The molecule has 1 saturated heterocycles. The van der Waals surface area contributed by atoms with E-state index >= 15 is 0 Å². The normalized spacial score (nSPS) is 57.1. The van der Waals surface area contributed by atoms with Crippen LogP contribution in [0, 0.1) is 34.5 Å². The van der Waals surface area contributed by atoms with Crippen molar-refractivity contribution in [1.29, 1.82) is 0 Å². The Morgan fingerprint density at radius 3 is 2.36 bits per heavy atom. The lowest BCUT2D eigenvalue weighted by Crippen LogP contribution is -2.57. The third-order valence-corrected chi connectivity index (χ3v) is 10.1. The van der Waals surface area contributed by atoms with E-state index in [1.54, 1.807) is 0 Å². The van der Waals surface area contributed by atoms with Crippen molar-refractivity contribution in [1.82, 2.24) is 5.32 Å². The Hall–Kier alpha value is -0.0800. The Kier molecular flexibility index (Phi) is 3.58. The van der Waals surface area contributed by atoms with Crippen molar-refractivity contribution in [2.24, 2.45) is 34.5 Å². The van der Waals surface area contributed by atoms with E-state index in [9.17, 15) is 0 Å². The molecule has 0 aromatic carbocycles. The summed E-state index contributed by atoms with van der Waals surface area (Å²) < 4.78 is 6.77. The molecule has 0 aromatic rings. The van der Waals surface area contributed by atoms with E-state index in [1.165, 1.54) is 64.2 Å². The quantitative estimate of drug-likeness (QED) is 0.624. The van der Waals surface area contributed by atoms with Crippen LogP contribution >= 0.6 is 0 Å². The molecule has 1 N–H and O–H groups in total. The van der Waals surface area contributed by atoms with Gasteiger partial charge in [-0.05, 0) is 94.3 Å². The number of rotatable bonds is 0. The maximum atomic E-state index is 6.77. The molecule has 4 saturated carbocycles. The summed E-state index contributed by atoms with van der Waals surface area (Å²) >= 11 is 0. The van der Waals surface area contributed by atoms with Gasteiger partial charge in [-0.3, -0.25) is 5.32 Å². The first-order valence-electron chi connectivity index (χ1n) is 11.2. The van der Waals surface area contributed by atoms with Crippen LogP contribution in [0.1, 0.15) is 91.9 Å². The van der Waals surface area contributed by atoms with Gasteiger partial charge in [0, 0.05) is 12.0 Å². The van der Waals surface area contributed by atoms with Gasteiger partial charge >= 0.3 is 0 Å². The van der Waals surface area contributed by atoms with Gasteiger partial charge in [0.15, 0.2) is 0 Å². The van der Waals surface area contributed by atoms with Crippen molar-refractivity contribution in [2.45, 2.75) is 103 Å². The summed E-state index contributed by atoms with van der Waals surface area (Å²) in [6.45, 7) is 10.8. The summed E-state index contributed by atoms with van der Waals surface area (Å²) in [6, 6.07) is 0. The topological polar surface area (TPSA) is 21.3 Å². The molecular formula is C23H39NO. The average molecular weight is 346 g/mol. The molecule has 5 aliphatic rings. The molecule has 5 rings (SSSR count). The van der Waals surface area contributed by atoms with E-state index in [4.69, 9.17) is 4.74 Å². The fourth-order valence-corrected chi connectivity index (χ4v) is 8.76. The zero-order chi connectivity index (χ0) is 17.5. The maximum absolute atomic E-state index is 6.77. The smallest absolute Gasteiger partial charge is 0.114 e. The molecule has 1 spiro atoms. The van der Waals surface area contributed by atoms with Gasteiger partial charge in [-0.25, -0.2) is 0 Å².